The van der Waals surface area contributed by atoms with E-state index in [2.05, 4.69) is 118 Å². The maximum Gasteiger partial charge on any atom is 0.472 e. The molecule has 0 aromatic carbocycles. The summed E-state index contributed by atoms with van der Waals surface area (Å²) >= 11 is 0. The van der Waals surface area contributed by atoms with Crippen LogP contribution in [0.4, 0.5) is 0 Å². The van der Waals surface area contributed by atoms with Crippen molar-refractivity contribution >= 4 is 25.7 Å². The number of unbranched alkanes of at least 4 members (excludes halogenated alkanes) is 21. The fourth-order valence-corrected chi connectivity index (χ4v) is 8.85. The van der Waals surface area contributed by atoms with Crippen molar-refractivity contribution in [2.75, 3.05) is 26.4 Å². The molecule has 0 aliphatic heterocycles. The van der Waals surface area contributed by atoms with Crippen LogP contribution in [0.25, 0.3) is 0 Å². The zero-order valence-corrected chi connectivity index (χ0v) is 50.2. The van der Waals surface area contributed by atoms with Gasteiger partial charge in [0.1, 0.15) is 12.7 Å². The Balaban J connectivity index is 4.79. The van der Waals surface area contributed by atoms with Gasteiger partial charge in [-0.25, -0.2) is 4.57 Å². The molecule has 0 aliphatic rings. The van der Waals surface area contributed by atoms with Crippen molar-refractivity contribution < 1.29 is 52.2 Å². The average Bonchev–Trinajstić information content (AvgIpc) is 3.43. The van der Waals surface area contributed by atoms with E-state index >= 15 is 0 Å². The summed E-state index contributed by atoms with van der Waals surface area (Å²) in [5, 5.41) is 9.81. The number of rotatable bonds is 56. The second-order valence-electron chi connectivity index (χ2n) is 20.1. The topological polar surface area (TPSA) is 155 Å². The number of aliphatic hydroxyl groups is 1. The number of aliphatic hydroxyl groups excluding tert-OH is 1. The highest BCUT2D eigenvalue weighted by Crippen LogP contribution is 2.43. The second kappa shape index (κ2) is 59.3. The molecule has 0 saturated carbocycles. The first kappa shape index (κ1) is 74.1. The van der Waals surface area contributed by atoms with Crippen LogP contribution < -0.4 is 0 Å². The molecule has 0 amide bonds. The number of ether oxygens (including phenoxy) is 3. The van der Waals surface area contributed by atoms with E-state index in [-0.39, 0.29) is 25.9 Å². The molecular formula is C66H111O11P. The number of esters is 3. The SMILES string of the molecule is CC/C=C\C/C=C\C/C=C\C/C=C\CCCCCCCCC(=O)OC(COC(=O)CCCCCCCCCCC/C=C\CCCCCCCC)COP(=O)(O)OCC(CO)OC(=O)CC/C=C\C/C=C\C/C=C\C/C=C\CC. The van der Waals surface area contributed by atoms with E-state index < -0.39 is 57.8 Å². The molecule has 0 saturated heterocycles. The summed E-state index contributed by atoms with van der Waals surface area (Å²) in [5.74, 6) is -1.57. The number of hydrogen-bond donors (Lipinski definition) is 2. The fraction of sp³-hybridized carbons (Fsp3) is 0.682. The van der Waals surface area contributed by atoms with Crippen molar-refractivity contribution in [2.24, 2.45) is 0 Å². The lowest BCUT2D eigenvalue weighted by Crippen LogP contribution is -2.30. The Morgan fingerprint density at radius 3 is 1.12 bits per heavy atom. The third-order valence-electron chi connectivity index (χ3n) is 12.7. The number of carbonyl (C=O) groups excluding carboxylic acids is 3. The third-order valence-corrected chi connectivity index (χ3v) is 13.6. The molecule has 0 rings (SSSR count). The molecule has 0 aliphatic carbocycles. The molecule has 0 aromatic rings. The molecule has 0 aromatic heterocycles. The van der Waals surface area contributed by atoms with Gasteiger partial charge in [-0.05, 0) is 109 Å². The standard InChI is InChI=1S/C66H111O11P/c1-4-7-10-13-16-19-22-25-27-29-31-33-35-38-40-43-46-49-52-55-64(68)73-59-63(77-66(70)57-54-51-48-45-42-39-36-34-32-30-28-26-23-20-17-14-11-8-5-2)61-75-78(71,72)74-60-62(58-67)76-65(69)56-53-50-47-44-41-37-24-21-18-15-12-9-6-3/h8-9,11-12,17-18,20-21,25-28,32,34,37,41,47,50,62-63,67H,4-7,10,13-16,19,22-24,29-31,33,35-36,38-40,42-46,48-49,51-61H2,1-3H3,(H,71,72)/b11-8-,12-9-,20-17-,21-18-,27-25-,28-26-,34-32-,41-37-,50-47-. The minimum absolute atomic E-state index is 0.0506. The Morgan fingerprint density at radius 1 is 0.372 bits per heavy atom. The molecule has 3 atom stereocenters. The summed E-state index contributed by atoms with van der Waals surface area (Å²) in [6, 6.07) is 0. The van der Waals surface area contributed by atoms with E-state index in [9.17, 15) is 28.9 Å². The van der Waals surface area contributed by atoms with Crippen LogP contribution in [-0.2, 0) is 42.2 Å². The fourth-order valence-electron chi connectivity index (χ4n) is 8.06. The number of allylic oxidation sites excluding steroid dienone is 18. The highest BCUT2D eigenvalue weighted by atomic mass is 31.2. The summed E-state index contributed by atoms with van der Waals surface area (Å²) in [7, 11) is -4.78. The molecule has 2 N–H and O–H groups in total. The monoisotopic (exact) mass is 1110 g/mol. The molecule has 0 fully saturated rings. The Hall–Kier alpha value is -3.86. The first-order valence-corrected chi connectivity index (χ1v) is 32.3. The predicted molar refractivity (Wildman–Crippen MR) is 325 cm³/mol. The second-order valence-corrected chi connectivity index (χ2v) is 21.6. The summed E-state index contributed by atoms with van der Waals surface area (Å²) < 4.78 is 39.5. The Bertz CT molecular complexity index is 1720. The molecule has 0 bridgehead atoms. The van der Waals surface area contributed by atoms with E-state index in [1.165, 1.54) is 83.5 Å². The zero-order chi connectivity index (χ0) is 56.9. The van der Waals surface area contributed by atoms with E-state index in [0.717, 1.165) is 109 Å². The summed E-state index contributed by atoms with van der Waals surface area (Å²) in [4.78, 5) is 48.6. The molecule has 12 heteroatoms. The normalized spacial score (nSPS) is 14.1. The molecule has 0 spiro atoms. The maximum absolute atomic E-state index is 12.9. The van der Waals surface area contributed by atoms with Gasteiger partial charge in [0.15, 0.2) is 6.10 Å². The molecule has 3 unspecified atom stereocenters. The Kier molecular flexibility index (Phi) is 56.3. The van der Waals surface area contributed by atoms with E-state index in [1.54, 1.807) is 0 Å². The van der Waals surface area contributed by atoms with Crippen LogP contribution in [0.5, 0.6) is 0 Å². The van der Waals surface area contributed by atoms with Crippen molar-refractivity contribution in [3.8, 4) is 0 Å². The highest BCUT2D eigenvalue weighted by molar-refractivity contribution is 7.47. The van der Waals surface area contributed by atoms with Gasteiger partial charge in [0, 0.05) is 19.3 Å². The summed E-state index contributed by atoms with van der Waals surface area (Å²) in [5.41, 5.74) is 0. The average molecular weight is 1110 g/mol. The molecule has 78 heavy (non-hydrogen) atoms. The van der Waals surface area contributed by atoms with Crippen LogP contribution in [0.2, 0.25) is 0 Å². The largest absolute Gasteiger partial charge is 0.472 e. The molecule has 11 nitrogen and oxygen atoms in total. The smallest absolute Gasteiger partial charge is 0.462 e. The van der Waals surface area contributed by atoms with Crippen molar-refractivity contribution in [1.29, 1.82) is 0 Å². The quantitative estimate of drug-likeness (QED) is 0.0197. The predicted octanol–water partition coefficient (Wildman–Crippen LogP) is 18.6. The van der Waals surface area contributed by atoms with Crippen LogP contribution in [-0.4, -0.2) is 66.5 Å². The third kappa shape index (κ3) is 56.8. The molecular weight excluding hydrogens is 1000 g/mol. The van der Waals surface area contributed by atoms with Gasteiger partial charge in [-0.15, -0.1) is 0 Å². The zero-order valence-electron chi connectivity index (χ0n) is 49.3. The number of phosphoric acid groups is 1. The first-order valence-electron chi connectivity index (χ1n) is 30.8. The maximum atomic E-state index is 12.9. The van der Waals surface area contributed by atoms with Crippen molar-refractivity contribution in [3.63, 3.8) is 0 Å². The molecule has 0 radical (unpaired) electrons. The number of hydrogen-bond acceptors (Lipinski definition) is 10. The summed E-state index contributed by atoms with van der Waals surface area (Å²) in [6.07, 6.45) is 72.1. The lowest BCUT2D eigenvalue weighted by atomic mass is 10.1. The minimum Gasteiger partial charge on any atom is -0.462 e. The van der Waals surface area contributed by atoms with Crippen LogP contribution in [0.15, 0.2) is 109 Å². The van der Waals surface area contributed by atoms with Gasteiger partial charge in [0.25, 0.3) is 0 Å². The van der Waals surface area contributed by atoms with Crippen LogP contribution in [0, 0.1) is 0 Å². The first-order chi connectivity index (χ1) is 38.2. The minimum atomic E-state index is -4.78. The van der Waals surface area contributed by atoms with Crippen molar-refractivity contribution in [3.05, 3.63) is 109 Å². The van der Waals surface area contributed by atoms with Gasteiger partial charge >= 0.3 is 25.7 Å². The Morgan fingerprint density at radius 2 is 0.692 bits per heavy atom. The lowest BCUT2D eigenvalue weighted by molar-refractivity contribution is -0.161. The van der Waals surface area contributed by atoms with E-state index in [4.69, 9.17) is 23.3 Å². The van der Waals surface area contributed by atoms with Crippen LogP contribution in [0.3, 0.4) is 0 Å². The molecule has 0 heterocycles. The van der Waals surface area contributed by atoms with Crippen LogP contribution >= 0.6 is 7.82 Å². The van der Waals surface area contributed by atoms with Gasteiger partial charge < -0.3 is 24.2 Å². The molecule has 446 valence electrons. The van der Waals surface area contributed by atoms with Gasteiger partial charge in [-0.2, -0.15) is 0 Å². The Labute approximate surface area is 475 Å². The lowest BCUT2D eigenvalue weighted by Gasteiger charge is -2.21. The van der Waals surface area contributed by atoms with Crippen molar-refractivity contribution in [1.82, 2.24) is 0 Å². The van der Waals surface area contributed by atoms with E-state index in [0.29, 0.717) is 19.3 Å². The van der Waals surface area contributed by atoms with Crippen LogP contribution in [0.1, 0.15) is 252 Å². The van der Waals surface area contributed by atoms with E-state index in [1.807, 2.05) is 12.2 Å². The van der Waals surface area contributed by atoms with Gasteiger partial charge in [0.2, 0.25) is 0 Å². The van der Waals surface area contributed by atoms with Gasteiger partial charge in [0.05, 0.1) is 19.8 Å². The number of phosphoric ester groups is 1. The van der Waals surface area contributed by atoms with Gasteiger partial charge in [-0.1, -0.05) is 233 Å². The highest BCUT2D eigenvalue weighted by Gasteiger charge is 2.28. The van der Waals surface area contributed by atoms with Crippen molar-refractivity contribution in [2.45, 2.75) is 264 Å². The summed E-state index contributed by atoms with van der Waals surface area (Å²) in [6.45, 7) is 4.32. The van der Waals surface area contributed by atoms with Gasteiger partial charge in [-0.3, -0.25) is 23.4 Å². The number of carbonyl (C=O) groups is 3.